The first kappa shape index (κ1) is 14.1. The van der Waals surface area contributed by atoms with E-state index >= 15 is 0 Å². The largest absolute Gasteiger partial charge is 0.478 e. The predicted octanol–water partition coefficient (Wildman–Crippen LogP) is 1.81. The minimum absolute atomic E-state index is 0.0399. The van der Waals surface area contributed by atoms with Crippen LogP contribution in [0.1, 0.15) is 33.6 Å². The average molecular weight is 254 g/mol. The fraction of sp³-hybridized carbons (Fsp3) is 0.333. The Balaban J connectivity index is 2.46. The number of hydrogen-bond donors (Lipinski definition) is 2. The summed E-state index contributed by atoms with van der Waals surface area (Å²) in [5.74, 6) is -1.66. The molecule has 2 N–H and O–H groups in total. The third-order valence-corrected chi connectivity index (χ3v) is 2.21. The standard InChI is InChI=1S/C12H14O6/c13-11(14)9-4-3-5-10(8-9)12(15)17-6-1-2-7-18-16/h3-5,8,16H,1-2,6-7H2,(H,13,14). The zero-order chi connectivity index (χ0) is 13.4. The number of carboxylic acid groups (broad SMARTS) is 1. The van der Waals surface area contributed by atoms with Gasteiger partial charge in [0.05, 0.1) is 24.3 Å². The molecule has 0 aliphatic carbocycles. The molecule has 0 atom stereocenters. The summed E-state index contributed by atoms with van der Waals surface area (Å²) in [4.78, 5) is 26.1. The highest BCUT2D eigenvalue weighted by atomic mass is 17.1. The van der Waals surface area contributed by atoms with E-state index in [9.17, 15) is 9.59 Å². The van der Waals surface area contributed by atoms with Gasteiger partial charge in [0.25, 0.3) is 0 Å². The molecule has 18 heavy (non-hydrogen) atoms. The first-order valence-electron chi connectivity index (χ1n) is 5.42. The molecule has 0 amide bonds. The molecular weight excluding hydrogens is 240 g/mol. The fourth-order valence-electron chi connectivity index (χ4n) is 1.30. The van der Waals surface area contributed by atoms with E-state index in [1.807, 2.05) is 0 Å². The maximum Gasteiger partial charge on any atom is 0.338 e. The molecule has 1 aromatic carbocycles. The Bertz CT molecular complexity index is 415. The lowest BCUT2D eigenvalue weighted by Gasteiger charge is -2.05. The second kappa shape index (κ2) is 7.41. The van der Waals surface area contributed by atoms with E-state index in [-0.39, 0.29) is 24.3 Å². The summed E-state index contributed by atoms with van der Waals surface area (Å²) in [5.41, 5.74) is 0.242. The molecule has 0 spiro atoms. The number of carboxylic acids is 1. The Hall–Kier alpha value is -1.92. The Morgan fingerprint density at radius 3 is 2.44 bits per heavy atom. The van der Waals surface area contributed by atoms with Gasteiger partial charge >= 0.3 is 11.9 Å². The Labute approximate surface area is 104 Å². The van der Waals surface area contributed by atoms with Crippen LogP contribution in [0.4, 0.5) is 0 Å². The average Bonchev–Trinajstić information content (AvgIpc) is 2.38. The lowest BCUT2D eigenvalue weighted by molar-refractivity contribution is -0.242. The quantitative estimate of drug-likeness (QED) is 0.333. The number of carbonyl (C=O) groups is 2. The molecule has 0 heterocycles. The molecule has 0 unspecified atom stereocenters. The van der Waals surface area contributed by atoms with Crippen LogP contribution in [0.5, 0.6) is 0 Å². The number of carbonyl (C=O) groups excluding carboxylic acids is 1. The number of rotatable bonds is 7. The van der Waals surface area contributed by atoms with Gasteiger partial charge in [-0.15, -0.1) is 0 Å². The van der Waals surface area contributed by atoms with Gasteiger partial charge in [0.15, 0.2) is 0 Å². The number of hydrogen-bond acceptors (Lipinski definition) is 5. The second-order valence-electron chi connectivity index (χ2n) is 3.56. The third kappa shape index (κ3) is 4.52. The van der Waals surface area contributed by atoms with E-state index in [1.54, 1.807) is 0 Å². The van der Waals surface area contributed by atoms with E-state index in [2.05, 4.69) is 4.89 Å². The normalized spacial score (nSPS) is 10.1. The summed E-state index contributed by atoms with van der Waals surface area (Å²) in [6.45, 7) is 0.380. The molecule has 6 heteroatoms. The molecule has 0 radical (unpaired) electrons. The third-order valence-electron chi connectivity index (χ3n) is 2.21. The van der Waals surface area contributed by atoms with Gasteiger partial charge in [-0.3, -0.25) is 5.26 Å². The minimum atomic E-state index is -1.09. The number of benzene rings is 1. The molecule has 0 aliphatic rings. The maximum atomic E-state index is 11.6. The van der Waals surface area contributed by atoms with Crippen molar-refractivity contribution in [2.45, 2.75) is 12.8 Å². The van der Waals surface area contributed by atoms with Crippen LogP contribution < -0.4 is 0 Å². The van der Waals surface area contributed by atoms with Crippen LogP contribution in [0.15, 0.2) is 24.3 Å². The molecule has 0 aliphatic heterocycles. The smallest absolute Gasteiger partial charge is 0.338 e. The van der Waals surface area contributed by atoms with E-state index in [0.29, 0.717) is 12.8 Å². The van der Waals surface area contributed by atoms with Crippen molar-refractivity contribution in [3.05, 3.63) is 35.4 Å². The first-order chi connectivity index (χ1) is 8.65. The highest BCUT2D eigenvalue weighted by Crippen LogP contribution is 2.07. The van der Waals surface area contributed by atoms with E-state index in [1.165, 1.54) is 24.3 Å². The summed E-state index contributed by atoms with van der Waals surface area (Å²) in [7, 11) is 0. The molecule has 6 nitrogen and oxygen atoms in total. The van der Waals surface area contributed by atoms with Crippen molar-refractivity contribution < 1.29 is 29.6 Å². The molecule has 0 aromatic heterocycles. The summed E-state index contributed by atoms with van der Waals surface area (Å²) in [6, 6.07) is 5.64. The van der Waals surface area contributed by atoms with Crippen molar-refractivity contribution in [2.24, 2.45) is 0 Å². The summed E-state index contributed by atoms with van der Waals surface area (Å²) in [5, 5.41) is 16.8. The molecule has 1 aromatic rings. The number of ether oxygens (including phenoxy) is 1. The summed E-state index contributed by atoms with van der Waals surface area (Å²) < 4.78 is 4.94. The first-order valence-corrected chi connectivity index (χ1v) is 5.42. The van der Waals surface area contributed by atoms with E-state index < -0.39 is 11.9 Å². The molecular formula is C12H14O6. The Kier molecular flexibility index (Phi) is 5.83. The SMILES string of the molecule is O=C(O)c1cccc(C(=O)OCCCCOO)c1. The number of unbranched alkanes of at least 4 members (excludes halogenated alkanes) is 1. The number of esters is 1. The molecule has 0 bridgehead atoms. The van der Waals surface area contributed by atoms with Crippen LogP contribution in [0.3, 0.4) is 0 Å². The number of aromatic carboxylic acids is 1. The molecule has 0 saturated heterocycles. The molecule has 98 valence electrons. The van der Waals surface area contributed by atoms with Crippen LogP contribution in [0.2, 0.25) is 0 Å². The van der Waals surface area contributed by atoms with Crippen LogP contribution in [-0.4, -0.2) is 35.5 Å². The predicted molar refractivity (Wildman–Crippen MR) is 61.5 cm³/mol. The van der Waals surface area contributed by atoms with Gasteiger partial charge in [0.1, 0.15) is 0 Å². The minimum Gasteiger partial charge on any atom is -0.478 e. The Morgan fingerprint density at radius 2 is 1.78 bits per heavy atom. The zero-order valence-electron chi connectivity index (χ0n) is 9.67. The van der Waals surface area contributed by atoms with Gasteiger partial charge in [0.2, 0.25) is 0 Å². The fourth-order valence-corrected chi connectivity index (χ4v) is 1.30. The van der Waals surface area contributed by atoms with Crippen molar-refractivity contribution in [3.63, 3.8) is 0 Å². The lowest BCUT2D eigenvalue weighted by Crippen LogP contribution is -2.08. The van der Waals surface area contributed by atoms with Crippen LogP contribution in [-0.2, 0) is 9.62 Å². The summed E-state index contributed by atoms with van der Waals surface area (Å²) in [6.07, 6.45) is 1.13. The van der Waals surface area contributed by atoms with Crippen LogP contribution in [0, 0.1) is 0 Å². The monoisotopic (exact) mass is 254 g/mol. The highest BCUT2D eigenvalue weighted by molar-refractivity contribution is 5.94. The van der Waals surface area contributed by atoms with Gasteiger partial charge in [-0.2, -0.15) is 0 Å². The molecule has 0 fully saturated rings. The van der Waals surface area contributed by atoms with Crippen molar-refractivity contribution in [1.29, 1.82) is 0 Å². The van der Waals surface area contributed by atoms with E-state index in [0.717, 1.165) is 0 Å². The van der Waals surface area contributed by atoms with E-state index in [4.69, 9.17) is 15.1 Å². The highest BCUT2D eigenvalue weighted by Gasteiger charge is 2.10. The van der Waals surface area contributed by atoms with Gasteiger partial charge in [-0.25, -0.2) is 14.5 Å². The van der Waals surface area contributed by atoms with Crippen molar-refractivity contribution in [1.82, 2.24) is 0 Å². The molecule has 1 rings (SSSR count). The second-order valence-corrected chi connectivity index (χ2v) is 3.56. The lowest BCUT2D eigenvalue weighted by atomic mass is 10.1. The van der Waals surface area contributed by atoms with Crippen LogP contribution >= 0.6 is 0 Å². The van der Waals surface area contributed by atoms with Gasteiger partial charge in [-0.1, -0.05) is 6.07 Å². The zero-order valence-corrected chi connectivity index (χ0v) is 9.67. The van der Waals surface area contributed by atoms with Crippen molar-refractivity contribution >= 4 is 11.9 Å². The molecule has 0 saturated carbocycles. The topological polar surface area (TPSA) is 93.1 Å². The van der Waals surface area contributed by atoms with Gasteiger partial charge in [0, 0.05) is 0 Å². The maximum absolute atomic E-state index is 11.6. The van der Waals surface area contributed by atoms with Crippen molar-refractivity contribution in [2.75, 3.05) is 13.2 Å². The van der Waals surface area contributed by atoms with Crippen molar-refractivity contribution in [3.8, 4) is 0 Å². The van der Waals surface area contributed by atoms with Gasteiger partial charge < -0.3 is 9.84 Å². The Morgan fingerprint density at radius 1 is 1.11 bits per heavy atom. The van der Waals surface area contributed by atoms with Gasteiger partial charge in [-0.05, 0) is 31.0 Å². The van der Waals surface area contributed by atoms with Crippen LogP contribution in [0.25, 0.3) is 0 Å². The summed E-state index contributed by atoms with van der Waals surface area (Å²) >= 11 is 0.